The molecule has 0 atom stereocenters. The van der Waals surface area contributed by atoms with Gasteiger partial charge in [-0.25, -0.2) is 9.69 Å². The Morgan fingerprint density at radius 3 is 2.57 bits per heavy atom. The van der Waals surface area contributed by atoms with Crippen molar-refractivity contribution in [1.29, 1.82) is 0 Å². The van der Waals surface area contributed by atoms with Gasteiger partial charge in [0.25, 0.3) is 17.5 Å². The summed E-state index contributed by atoms with van der Waals surface area (Å²) in [6.45, 7) is 0.205. The van der Waals surface area contributed by atoms with Crippen LogP contribution in [0.15, 0.2) is 70.7 Å². The molecule has 0 spiro atoms. The highest BCUT2D eigenvalue weighted by Crippen LogP contribution is 2.38. The largest absolute Gasteiger partial charge is 0.493 e. The smallest absolute Gasteiger partial charge is 0.335 e. The molecule has 188 valence electrons. The van der Waals surface area contributed by atoms with Gasteiger partial charge < -0.3 is 9.47 Å². The summed E-state index contributed by atoms with van der Waals surface area (Å²) in [5.74, 6) is -1.14. The highest BCUT2D eigenvalue weighted by Gasteiger charge is 2.37. The van der Waals surface area contributed by atoms with E-state index >= 15 is 0 Å². The van der Waals surface area contributed by atoms with Gasteiger partial charge in [-0.2, -0.15) is 0 Å². The van der Waals surface area contributed by atoms with E-state index in [1.54, 1.807) is 30.3 Å². The second-order valence-corrected chi connectivity index (χ2v) is 8.98. The molecule has 37 heavy (non-hydrogen) atoms. The summed E-state index contributed by atoms with van der Waals surface area (Å²) in [6.07, 6.45) is 1.28. The number of carbonyl (C=O) groups excluding carboxylic acids is 3. The number of urea groups is 1. The van der Waals surface area contributed by atoms with Gasteiger partial charge in [0.15, 0.2) is 11.5 Å². The quantitative estimate of drug-likeness (QED) is 0.173. The van der Waals surface area contributed by atoms with E-state index in [1.165, 1.54) is 31.4 Å². The van der Waals surface area contributed by atoms with Gasteiger partial charge in [0, 0.05) is 17.2 Å². The number of non-ortho nitro benzene ring substituents is 1. The monoisotopic (exact) mass is 585 g/mol. The Bertz CT molecular complexity index is 1470. The number of benzene rings is 3. The second-order valence-electron chi connectivity index (χ2n) is 7.69. The van der Waals surface area contributed by atoms with E-state index in [1.807, 2.05) is 6.07 Å². The number of nitrogens with one attached hydrogen (secondary N) is 1. The first-order valence-corrected chi connectivity index (χ1v) is 11.8. The molecular weight excluding hydrogens is 570 g/mol. The van der Waals surface area contributed by atoms with Crippen LogP contribution in [0.5, 0.6) is 11.5 Å². The summed E-state index contributed by atoms with van der Waals surface area (Å²) in [5, 5.41) is 13.8. The van der Waals surface area contributed by atoms with Gasteiger partial charge in [-0.15, -0.1) is 0 Å². The minimum Gasteiger partial charge on any atom is -0.493 e. The molecule has 0 saturated carbocycles. The van der Waals surface area contributed by atoms with Gasteiger partial charge in [-0.05, 0) is 63.5 Å². The summed E-state index contributed by atoms with van der Waals surface area (Å²) in [4.78, 5) is 49.2. The molecule has 1 aliphatic rings. The molecule has 0 bridgehead atoms. The maximum Gasteiger partial charge on any atom is 0.335 e. The molecule has 1 aliphatic heterocycles. The van der Waals surface area contributed by atoms with E-state index in [9.17, 15) is 24.5 Å². The zero-order valence-electron chi connectivity index (χ0n) is 19.1. The molecule has 4 amide bonds. The molecule has 1 N–H and O–H groups in total. The molecule has 0 aromatic heterocycles. The number of nitro groups is 1. The van der Waals surface area contributed by atoms with Gasteiger partial charge in [-0.3, -0.25) is 25.0 Å². The van der Waals surface area contributed by atoms with Crippen molar-refractivity contribution in [3.8, 4) is 11.5 Å². The van der Waals surface area contributed by atoms with Crippen LogP contribution in [0.25, 0.3) is 6.08 Å². The van der Waals surface area contributed by atoms with Crippen LogP contribution >= 0.6 is 27.5 Å². The molecule has 3 aromatic rings. The number of imide groups is 2. The lowest BCUT2D eigenvalue weighted by Crippen LogP contribution is -2.54. The minimum atomic E-state index is -1.02. The molecular formula is C25H17BrClN3O7. The number of nitrogens with zero attached hydrogens (tertiary/aromatic N) is 2. The lowest BCUT2D eigenvalue weighted by atomic mass is 10.1. The summed E-state index contributed by atoms with van der Waals surface area (Å²) in [5.41, 5.74) is 0.502. The van der Waals surface area contributed by atoms with Crippen LogP contribution in [-0.2, 0) is 16.2 Å². The van der Waals surface area contributed by atoms with E-state index in [2.05, 4.69) is 21.2 Å². The highest BCUT2D eigenvalue weighted by molar-refractivity contribution is 9.10. The fraction of sp³-hybridized carbons (Fsp3) is 0.0800. The van der Waals surface area contributed by atoms with Gasteiger partial charge in [0.2, 0.25) is 0 Å². The van der Waals surface area contributed by atoms with Crippen molar-refractivity contribution in [1.82, 2.24) is 5.32 Å². The normalized spacial score (nSPS) is 14.5. The van der Waals surface area contributed by atoms with E-state index in [0.717, 1.165) is 11.6 Å². The highest BCUT2D eigenvalue weighted by atomic mass is 79.9. The fourth-order valence-electron chi connectivity index (χ4n) is 3.55. The Balaban J connectivity index is 1.65. The third-order valence-corrected chi connectivity index (χ3v) is 6.06. The van der Waals surface area contributed by atoms with E-state index in [-0.39, 0.29) is 23.6 Å². The Morgan fingerprint density at radius 2 is 1.86 bits per heavy atom. The number of anilines is 1. The van der Waals surface area contributed by atoms with Crippen molar-refractivity contribution in [2.45, 2.75) is 6.61 Å². The number of nitro benzene ring substituents is 1. The molecule has 1 heterocycles. The molecule has 1 saturated heterocycles. The van der Waals surface area contributed by atoms with Crippen LogP contribution in [-0.4, -0.2) is 29.9 Å². The fourth-order valence-corrected chi connectivity index (χ4v) is 4.34. The SMILES string of the molecule is COc1cc(/C=C2\C(=O)NC(=O)N(c3cccc([N+](=O)[O-])c3)C2=O)cc(Br)c1OCc1cccc(Cl)c1. The van der Waals surface area contributed by atoms with E-state index in [0.29, 0.717) is 31.5 Å². The number of ether oxygens (including phenoxy) is 2. The van der Waals surface area contributed by atoms with Crippen LogP contribution in [0.3, 0.4) is 0 Å². The predicted octanol–water partition coefficient (Wildman–Crippen LogP) is 5.26. The number of hydrogen-bond donors (Lipinski definition) is 1. The molecule has 3 aromatic carbocycles. The van der Waals surface area contributed by atoms with E-state index in [4.69, 9.17) is 21.1 Å². The lowest BCUT2D eigenvalue weighted by Gasteiger charge is -2.26. The number of carbonyl (C=O) groups is 3. The van der Waals surface area contributed by atoms with Crippen LogP contribution in [0.1, 0.15) is 11.1 Å². The Hall–Kier alpha value is -4.22. The van der Waals surface area contributed by atoms with Crippen LogP contribution in [0.4, 0.5) is 16.2 Å². The maximum atomic E-state index is 13.2. The standard InChI is InChI=1S/C25H17BrClN3O7/c1-36-21-11-15(10-20(26)22(21)37-13-14-4-2-5-16(27)8-14)9-19-23(31)28-25(33)29(24(19)32)17-6-3-7-18(12-17)30(34)35/h2-12H,13H2,1H3,(H,28,31,33)/b19-9+. The number of barbiturate groups is 1. The average molecular weight is 587 g/mol. The molecule has 0 aliphatic carbocycles. The zero-order chi connectivity index (χ0) is 26.7. The Morgan fingerprint density at radius 1 is 1.11 bits per heavy atom. The molecule has 4 rings (SSSR count). The van der Waals surface area contributed by atoms with Crippen molar-refractivity contribution < 1.29 is 28.8 Å². The number of halogens is 2. The van der Waals surface area contributed by atoms with E-state index < -0.39 is 22.8 Å². The first-order valence-electron chi connectivity index (χ1n) is 10.6. The summed E-state index contributed by atoms with van der Waals surface area (Å²) in [6, 6.07) is 14.3. The average Bonchev–Trinajstić information content (AvgIpc) is 2.85. The van der Waals surface area contributed by atoms with Crippen LogP contribution in [0, 0.1) is 10.1 Å². The summed E-state index contributed by atoms with van der Waals surface area (Å²) in [7, 11) is 1.44. The van der Waals surface area contributed by atoms with Crippen LogP contribution < -0.4 is 19.7 Å². The summed E-state index contributed by atoms with van der Waals surface area (Å²) >= 11 is 9.45. The number of rotatable bonds is 7. The molecule has 0 unspecified atom stereocenters. The Kier molecular flexibility index (Phi) is 7.55. The van der Waals surface area contributed by atoms with Gasteiger partial charge >= 0.3 is 6.03 Å². The number of amides is 4. The zero-order valence-corrected chi connectivity index (χ0v) is 21.4. The van der Waals surface area contributed by atoms with Gasteiger partial charge in [-0.1, -0.05) is 29.8 Å². The first kappa shape index (κ1) is 25.9. The van der Waals surface area contributed by atoms with Gasteiger partial charge in [0.1, 0.15) is 12.2 Å². The van der Waals surface area contributed by atoms with Crippen molar-refractivity contribution in [3.63, 3.8) is 0 Å². The van der Waals surface area contributed by atoms with Crippen molar-refractivity contribution in [3.05, 3.63) is 97.0 Å². The van der Waals surface area contributed by atoms with Gasteiger partial charge in [0.05, 0.1) is 22.2 Å². The first-order chi connectivity index (χ1) is 17.7. The molecule has 1 fully saturated rings. The summed E-state index contributed by atoms with van der Waals surface area (Å²) < 4.78 is 11.8. The van der Waals surface area contributed by atoms with Crippen LogP contribution in [0.2, 0.25) is 5.02 Å². The van der Waals surface area contributed by atoms with Crippen molar-refractivity contribution in [2.24, 2.45) is 0 Å². The molecule has 10 nitrogen and oxygen atoms in total. The molecule has 0 radical (unpaired) electrons. The number of methoxy groups -OCH3 is 1. The van der Waals surface area contributed by atoms with Crippen molar-refractivity contribution >= 4 is 62.8 Å². The second kappa shape index (κ2) is 10.8. The topological polar surface area (TPSA) is 128 Å². The molecule has 12 heteroatoms. The maximum absolute atomic E-state index is 13.2. The number of hydrogen-bond acceptors (Lipinski definition) is 7. The lowest BCUT2D eigenvalue weighted by molar-refractivity contribution is -0.384. The van der Waals surface area contributed by atoms with Crippen molar-refractivity contribution in [2.75, 3.05) is 12.0 Å². The minimum absolute atomic E-state index is 0.0568. The third-order valence-electron chi connectivity index (χ3n) is 5.24. The Labute approximate surface area is 223 Å². The third kappa shape index (κ3) is 5.63. The predicted molar refractivity (Wildman–Crippen MR) is 139 cm³/mol.